The summed E-state index contributed by atoms with van der Waals surface area (Å²) in [7, 11) is 0. The van der Waals surface area contributed by atoms with Crippen molar-refractivity contribution < 1.29 is 0 Å². The zero-order chi connectivity index (χ0) is 14.5. The zero-order valence-corrected chi connectivity index (χ0v) is 14.0. The fourth-order valence-electron chi connectivity index (χ4n) is 1.85. The van der Waals surface area contributed by atoms with Crippen LogP contribution >= 0.6 is 24.0 Å². The van der Waals surface area contributed by atoms with E-state index in [9.17, 15) is 0 Å². The molecule has 112 valence electrons. The Morgan fingerprint density at radius 3 is 2.59 bits per heavy atom. The van der Waals surface area contributed by atoms with E-state index in [2.05, 4.69) is 20.1 Å². The van der Waals surface area contributed by atoms with Crippen molar-refractivity contribution in [3.63, 3.8) is 0 Å². The van der Waals surface area contributed by atoms with Crippen LogP contribution in [0.15, 0.2) is 66.3 Å². The minimum absolute atomic E-state index is 0. The van der Waals surface area contributed by atoms with Crippen molar-refractivity contribution in [1.29, 1.82) is 0 Å². The fourth-order valence-corrected chi connectivity index (χ4v) is 1.85. The Bertz CT molecular complexity index is 722. The highest BCUT2D eigenvalue weighted by molar-refractivity contribution is 14.0. The van der Waals surface area contributed by atoms with Gasteiger partial charge >= 0.3 is 0 Å². The van der Waals surface area contributed by atoms with Crippen LogP contribution in [-0.2, 0) is 6.54 Å². The molecule has 2 heterocycles. The van der Waals surface area contributed by atoms with Gasteiger partial charge in [-0.25, -0.2) is 14.6 Å². The predicted octanol–water partition coefficient (Wildman–Crippen LogP) is 2.19. The van der Waals surface area contributed by atoms with Gasteiger partial charge in [-0.1, -0.05) is 36.4 Å². The van der Waals surface area contributed by atoms with Gasteiger partial charge in [0.25, 0.3) is 0 Å². The minimum Gasteiger partial charge on any atom is -0.383 e. The van der Waals surface area contributed by atoms with E-state index in [-0.39, 0.29) is 24.0 Å². The standard InChI is InChI=1S/C15H14N6.HI/c16-15(13-4-2-1-3-5-13)19-9-12-6-7-14(18-8-12)21-11-17-10-20-21;/h1-8,10-11H,9H2,(H2,16,19);1H. The number of amidine groups is 1. The van der Waals surface area contributed by atoms with Crippen molar-refractivity contribution in [2.24, 2.45) is 10.7 Å². The van der Waals surface area contributed by atoms with E-state index in [1.807, 2.05) is 42.5 Å². The summed E-state index contributed by atoms with van der Waals surface area (Å²) in [6, 6.07) is 13.5. The highest BCUT2D eigenvalue weighted by atomic mass is 127. The third-order valence-corrected chi connectivity index (χ3v) is 2.96. The lowest BCUT2D eigenvalue weighted by Gasteiger charge is -2.03. The Balaban J connectivity index is 0.00000176. The van der Waals surface area contributed by atoms with Crippen molar-refractivity contribution in [1.82, 2.24) is 19.7 Å². The van der Waals surface area contributed by atoms with Crippen LogP contribution < -0.4 is 5.73 Å². The van der Waals surface area contributed by atoms with Crippen LogP contribution in [0.5, 0.6) is 0 Å². The topological polar surface area (TPSA) is 82.0 Å². The fraction of sp³-hybridized carbons (Fsp3) is 0.0667. The number of hydrogen-bond acceptors (Lipinski definition) is 4. The molecule has 0 spiro atoms. The van der Waals surface area contributed by atoms with Crippen LogP contribution in [0, 0.1) is 0 Å². The molecule has 1 aromatic carbocycles. The molecule has 0 saturated carbocycles. The molecule has 0 atom stereocenters. The third kappa shape index (κ3) is 3.88. The number of benzene rings is 1. The molecule has 2 aromatic heterocycles. The predicted molar refractivity (Wildman–Crippen MR) is 95.4 cm³/mol. The second-order valence-corrected chi connectivity index (χ2v) is 4.43. The van der Waals surface area contributed by atoms with Crippen molar-refractivity contribution in [3.05, 3.63) is 72.4 Å². The summed E-state index contributed by atoms with van der Waals surface area (Å²) in [5.74, 6) is 1.24. The maximum Gasteiger partial charge on any atom is 0.155 e. The molecule has 3 rings (SSSR count). The van der Waals surface area contributed by atoms with Crippen molar-refractivity contribution >= 4 is 29.8 Å². The number of nitrogens with zero attached hydrogens (tertiary/aromatic N) is 5. The number of pyridine rings is 1. The molecule has 0 aliphatic rings. The number of rotatable bonds is 4. The van der Waals surface area contributed by atoms with E-state index in [0.717, 1.165) is 16.9 Å². The molecule has 0 fully saturated rings. The molecule has 0 saturated heterocycles. The molecule has 0 unspecified atom stereocenters. The molecule has 3 aromatic rings. The van der Waals surface area contributed by atoms with Crippen LogP contribution in [-0.4, -0.2) is 25.6 Å². The molecule has 6 nitrogen and oxygen atoms in total. The van der Waals surface area contributed by atoms with E-state index < -0.39 is 0 Å². The zero-order valence-electron chi connectivity index (χ0n) is 11.7. The van der Waals surface area contributed by atoms with Gasteiger partial charge in [-0.3, -0.25) is 4.99 Å². The molecule has 0 amide bonds. The Hall–Kier alpha value is -2.29. The number of aromatic nitrogens is 4. The lowest BCUT2D eigenvalue weighted by Crippen LogP contribution is -2.13. The summed E-state index contributed by atoms with van der Waals surface area (Å²) in [4.78, 5) is 12.6. The second kappa shape index (κ2) is 7.64. The van der Waals surface area contributed by atoms with E-state index >= 15 is 0 Å². The summed E-state index contributed by atoms with van der Waals surface area (Å²) in [6.07, 6.45) is 4.84. The van der Waals surface area contributed by atoms with Crippen LogP contribution in [0.3, 0.4) is 0 Å². The molecular formula is C15H15IN6. The van der Waals surface area contributed by atoms with Gasteiger partial charge in [-0.05, 0) is 11.6 Å². The van der Waals surface area contributed by atoms with Gasteiger partial charge < -0.3 is 5.73 Å². The summed E-state index contributed by atoms with van der Waals surface area (Å²) in [5.41, 5.74) is 7.86. The first-order chi connectivity index (χ1) is 10.3. The summed E-state index contributed by atoms with van der Waals surface area (Å²) < 4.78 is 1.60. The lowest BCUT2D eigenvalue weighted by atomic mass is 10.2. The Labute approximate surface area is 145 Å². The molecule has 0 bridgehead atoms. The Morgan fingerprint density at radius 1 is 1.14 bits per heavy atom. The number of halogens is 1. The number of nitrogens with two attached hydrogens (primary N) is 1. The normalized spacial score (nSPS) is 11.0. The minimum atomic E-state index is 0. The Morgan fingerprint density at radius 2 is 1.95 bits per heavy atom. The smallest absolute Gasteiger partial charge is 0.155 e. The molecule has 0 radical (unpaired) electrons. The summed E-state index contributed by atoms with van der Waals surface area (Å²) >= 11 is 0. The molecule has 22 heavy (non-hydrogen) atoms. The largest absolute Gasteiger partial charge is 0.383 e. The van der Waals surface area contributed by atoms with E-state index in [4.69, 9.17) is 5.73 Å². The third-order valence-electron chi connectivity index (χ3n) is 2.96. The van der Waals surface area contributed by atoms with Crippen LogP contribution in [0.1, 0.15) is 11.1 Å². The SMILES string of the molecule is I.NC(=NCc1ccc(-n2cncn2)nc1)c1ccccc1. The van der Waals surface area contributed by atoms with Crippen LogP contribution in [0.4, 0.5) is 0 Å². The van der Waals surface area contributed by atoms with Gasteiger partial charge in [0.15, 0.2) is 5.82 Å². The van der Waals surface area contributed by atoms with E-state index in [0.29, 0.717) is 12.4 Å². The number of aliphatic imine (C=N–C) groups is 1. The molecule has 0 aliphatic heterocycles. The highest BCUT2D eigenvalue weighted by Crippen LogP contribution is 2.06. The van der Waals surface area contributed by atoms with Crippen LogP contribution in [0.2, 0.25) is 0 Å². The first kappa shape index (κ1) is 16.1. The van der Waals surface area contributed by atoms with Gasteiger partial charge in [0.05, 0.1) is 6.54 Å². The molecule has 0 aliphatic carbocycles. The quantitative estimate of drug-likeness (QED) is 0.409. The maximum absolute atomic E-state index is 5.96. The van der Waals surface area contributed by atoms with Crippen molar-refractivity contribution in [2.75, 3.05) is 0 Å². The Kier molecular flexibility index (Phi) is 5.59. The van der Waals surface area contributed by atoms with Crippen LogP contribution in [0.25, 0.3) is 5.82 Å². The highest BCUT2D eigenvalue weighted by Gasteiger charge is 2.00. The van der Waals surface area contributed by atoms with Crippen molar-refractivity contribution in [2.45, 2.75) is 6.54 Å². The van der Waals surface area contributed by atoms with E-state index in [1.165, 1.54) is 6.33 Å². The first-order valence-electron chi connectivity index (χ1n) is 6.48. The van der Waals surface area contributed by atoms with Gasteiger partial charge in [0, 0.05) is 11.8 Å². The lowest BCUT2D eigenvalue weighted by molar-refractivity contribution is 0.841. The average molecular weight is 406 g/mol. The van der Waals surface area contributed by atoms with E-state index in [1.54, 1.807) is 17.2 Å². The first-order valence-corrected chi connectivity index (χ1v) is 6.48. The molecular weight excluding hydrogens is 391 g/mol. The van der Waals surface area contributed by atoms with Gasteiger partial charge in [-0.15, -0.1) is 24.0 Å². The summed E-state index contributed by atoms with van der Waals surface area (Å²) in [5, 5.41) is 4.03. The van der Waals surface area contributed by atoms with Crippen molar-refractivity contribution in [3.8, 4) is 5.82 Å². The molecule has 7 heteroatoms. The molecule has 2 N–H and O–H groups in total. The maximum atomic E-state index is 5.96. The number of hydrogen-bond donors (Lipinski definition) is 1. The monoisotopic (exact) mass is 406 g/mol. The van der Waals surface area contributed by atoms with Gasteiger partial charge in [-0.2, -0.15) is 5.10 Å². The summed E-state index contributed by atoms with van der Waals surface area (Å²) in [6.45, 7) is 0.491. The van der Waals surface area contributed by atoms with Gasteiger partial charge in [0.2, 0.25) is 0 Å². The average Bonchev–Trinajstić information content (AvgIpc) is 3.08. The second-order valence-electron chi connectivity index (χ2n) is 4.43. The van der Waals surface area contributed by atoms with Gasteiger partial charge in [0.1, 0.15) is 18.5 Å².